The highest BCUT2D eigenvalue weighted by molar-refractivity contribution is 5.94. The second-order valence-corrected chi connectivity index (χ2v) is 5.09. The molecule has 1 aromatic carbocycles. The summed E-state index contributed by atoms with van der Waals surface area (Å²) in [5, 5.41) is 0. The van der Waals surface area contributed by atoms with Crippen LogP contribution in [0, 0.1) is 0 Å². The maximum atomic E-state index is 12.7. The van der Waals surface area contributed by atoms with Crippen LogP contribution in [0.5, 0.6) is 0 Å². The average Bonchev–Trinajstić information content (AvgIpc) is 2.45. The zero-order valence-corrected chi connectivity index (χ0v) is 11.6. The molecule has 2 N–H and O–H groups in total. The van der Waals surface area contributed by atoms with E-state index in [4.69, 9.17) is 10.5 Å². The normalized spacial score (nSPS) is 23.2. The molecule has 0 spiro atoms. The highest BCUT2D eigenvalue weighted by Gasteiger charge is 2.32. The number of morpholine rings is 1. The topological polar surface area (TPSA) is 55.6 Å². The predicted molar refractivity (Wildman–Crippen MR) is 70.7 cm³/mol. The molecule has 4 nitrogen and oxygen atoms in total. The van der Waals surface area contributed by atoms with Gasteiger partial charge in [-0.1, -0.05) is 6.07 Å². The van der Waals surface area contributed by atoms with Crippen LogP contribution in [-0.2, 0) is 10.9 Å². The first kappa shape index (κ1) is 15.8. The van der Waals surface area contributed by atoms with Gasteiger partial charge in [-0.25, -0.2) is 0 Å². The van der Waals surface area contributed by atoms with Crippen LogP contribution in [0.4, 0.5) is 13.2 Å². The maximum Gasteiger partial charge on any atom is 0.416 e. The summed E-state index contributed by atoms with van der Waals surface area (Å²) >= 11 is 0. The standard InChI is InChI=1S/C14H17F3N2O2/c1-9-7-19(8-12(6-18)21-9)13(20)10-3-2-4-11(5-10)14(15,16)17/h2-5,9,12H,6-8,18H2,1H3. The van der Waals surface area contributed by atoms with E-state index in [2.05, 4.69) is 0 Å². The van der Waals surface area contributed by atoms with Crippen LogP contribution in [-0.4, -0.2) is 42.6 Å². The van der Waals surface area contributed by atoms with Crippen molar-refractivity contribution < 1.29 is 22.7 Å². The zero-order valence-electron chi connectivity index (χ0n) is 11.6. The van der Waals surface area contributed by atoms with Crippen LogP contribution in [0.25, 0.3) is 0 Å². The van der Waals surface area contributed by atoms with Gasteiger partial charge in [0.15, 0.2) is 0 Å². The fraction of sp³-hybridized carbons (Fsp3) is 0.500. The van der Waals surface area contributed by atoms with Gasteiger partial charge in [0.2, 0.25) is 0 Å². The van der Waals surface area contributed by atoms with Crippen molar-refractivity contribution in [2.45, 2.75) is 25.3 Å². The van der Waals surface area contributed by atoms with Gasteiger partial charge >= 0.3 is 6.18 Å². The molecule has 0 aromatic heterocycles. The highest BCUT2D eigenvalue weighted by atomic mass is 19.4. The Hall–Kier alpha value is -1.60. The summed E-state index contributed by atoms with van der Waals surface area (Å²) < 4.78 is 43.6. The summed E-state index contributed by atoms with van der Waals surface area (Å²) in [6, 6.07) is 4.44. The van der Waals surface area contributed by atoms with Gasteiger partial charge in [-0.3, -0.25) is 4.79 Å². The van der Waals surface area contributed by atoms with E-state index in [9.17, 15) is 18.0 Å². The SMILES string of the molecule is CC1CN(C(=O)c2cccc(C(F)(F)F)c2)CC(CN)O1. The van der Waals surface area contributed by atoms with Gasteiger partial charge in [0.25, 0.3) is 5.91 Å². The van der Waals surface area contributed by atoms with E-state index < -0.39 is 17.6 Å². The number of nitrogens with two attached hydrogens (primary N) is 1. The first-order chi connectivity index (χ1) is 9.81. The summed E-state index contributed by atoms with van der Waals surface area (Å²) in [6.45, 7) is 2.69. The van der Waals surface area contributed by atoms with Crippen LogP contribution in [0.3, 0.4) is 0 Å². The number of amides is 1. The summed E-state index contributed by atoms with van der Waals surface area (Å²) in [6.07, 6.45) is -4.94. The van der Waals surface area contributed by atoms with Crippen LogP contribution in [0.2, 0.25) is 0 Å². The van der Waals surface area contributed by atoms with Crippen LogP contribution >= 0.6 is 0 Å². The van der Waals surface area contributed by atoms with Crippen molar-refractivity contribution >= 4 is 5.91 Å². The average molecular weight is 302 g/mol. The molecule has 1 saturated heterocycles. The first-order valence-electron chi connectivity index (χ1n) is 6.63. The molecule has 2 unspecified atom stereocenters. The molecule has 116 valence electrons. The summed E-state index contributed by atoms with van der Waals surface area (Å²) in [7, 11) is 0. The molecule has 1 aromatic rings. The molecule has 1 fully saturated rings. The third-order valence-corrected chi connectivity index (χ3v) is 3.31. The second-order valence-electron chi connectivity index (χ2n) is 5.09. The first-order valence-corrected chi connectivity index (χ1v) is 6.63. The number of carbonyl (C=O) groups is 1. The van der Waals surface area contributed by atoms with Gasteiger partial charge in [0.1, 0.15) is 0 Å². The molecule has 1 heterocycles. The molecule has 0 radical (unpaired) electrons. The lowest BCUT2D eigenvalue weighted by Gasteiger charge is -2.36. The Bertz CT molecular complexity index is 519. The Morgan fingerprint density at radius 1 is 1.43 bits per heavy atom. The molecule has 2 atom stereocenters. The van der Waals surface area contributed by atoms with Gasteiger partial charge in [-0.15, -0.1) is 0 Å². The van der Waals surface area contributed by atoms with Gasteiger partial charge in [-0.2, -0.15) is 13.2 Å². The lowest BCUT2D eigenvalue weighted by atomic mass is 10.1. The smallest absolute Gasteiger partial charge is 0.370 e. The second kappa shape index (κ2) is 6.03. The fourth-order valence-electron chi connectivity index (χ4n) is 2.35. The highest BCUT2D eigenvalue weighted by Crippen LogP contribution is 2.30. The molecule has 0 bridgehead atoms. The van der Waals surface area contributed by atoms with Gasteiger partial charge in [0.05, 0.1) is 17.8 Å². The van der Waals surface area contributed by atoms with Gasteiger partial charge in [0, 0.05) is 25.2 Å². The van der Waals surface area contributed by atoms with Crippen LogP contribution in [0.1, 0.15) is 22.8 Å². The fourth-order valence-corrected chi connectivity index (χ4v) is 2.35. The lowest BCUT2D eigenvalue weighted by molar-refractivity contribution is -0.137. The molecule has 7 heteroatoms. The zero-order chi connectivity index (χ0) is 15.6. The number of benzene rings is 1. The minimum atomic E-state index is -4.46. The maximum absolute atomic E-state index is 12.7. The van der Waals surface area contributed by atoms with E-state index in [1.807, 2.05) is 0 Å². The largest absolute Gasteiger partial charge is 0.416 e. The third kappa shape index (κ3) is 3.74. The van der Waals surface area contributed by atoms with Crippen molar-refractivity contribution in [3.8, 4) is 0 Å². The Kier molecular flexibility index (Phi) is 4.53. The molecule has 21 heavy (non-hydrogen) atoms. The van der Waals surface area contributed by atoms with Crippen molar-refractivity contribution in [1.29, 1.82) is 0 Å². The summed E-state index contributed by atoms with van der Waals surface area (Å²) in [5.41, 5.74) is 4.73. The van der Waals surface area contributed by atoms with Crippen LogP contribution in [0.15, 0.2) is 24.3 Å². The number of hydrogen-bond donors (Lipinski definition) is 1. The number of hydrogen-bond acceptors (Lipinski definition) is 3. The number of halogens is 3. The molecule has 1 aliphatic heterocycles. The van der Waals surface area contributed by atoms with Crippen molar-refractivity contribution in [3.05, 3.63) is 35.4 Å². The number of ether oxygens (including phenoxy) is 1. The van der Waals surface area contributed by atoms with Crippen molar-refractivity contribution in [1.82, 2.24) is 4.90 Å². The quantitative estimate of drug-likeness (QED) is 0.907. The van der Waals surface area contributed by atoms with Crippen molar-refractivity contribution in [2.24, 2.45) is 5.73 Å². The number of carbonyl (C=O) groups excluding carboxylic acids is 1. The number of rotatable bonds is 2. The summed E-state index contributed by atoms with van der Waals surface area (Å²) in [5.74, 6) is -0.435. The lowest BCUT2D eigenvalue weighted by Crippen LogP contribution is -2.51. The van der Waals surface area contributed by atoms with Crippen molar-refractivity contribution in [3.63, 3.8) is 0 Å². The third-order valence-electron chi connectivity index (χ3n) is 3.31. The van der Waals surface area contributed by atoms with E-state index in [-0.39, 0.29) is 30.9 Å². The van der Waals surface area contributed by atoms with E-state index in [0.29, 0.717) is 6.54 Å². The van der Waals surface area contributed by atoms with E-state index >= 15 is 0 Å². The van der Waals surface area contributed by atoms with Gasteiger partial charge in [-0.05, 0) is 25.1 Å². The minimum Gasteiger partial charge on any atom is -0.370 e. The van der Waals surface area contributed by atoms with E-state index in [0.717, 1.165) is 12.1 Å². The molecule has 0 aliphatic carbocycles. The Balaban J connectivity index is 2.20. The number of alkyl halides is 3. The molecule has 1 amide bonds. The minimum absolute atomic E-state index is 0.0229. The number of nitrogens with zero attached hydrogens (tertiary/aromatic N) is 1. The van der Waals surface area contributed by atoms with E-state index in [1.54, 1.807) is 6.92 Å². The molecule has 0 saturated carbocycles. The van der Waals surface area contributed by atoms with Crippen molar-refractivity contribution in [2.75, 3.05) is 19.6 Å². The molecular weight excluding hydrogens is 285 g/mol. The van der Waals surface area contributed by atoms with Gasteiger partial charge < -0.3 is 15.4 Å². The van der Waals surface area contributed by atoms with Crippen LogP contribution < -0.4 is 5.73 Å². The Labute approximate surface area is 120 Å². The summed E-state index contributed by atoms with van der Waals surface area (Å²) in [4.78, 5) is 13.8. The molecule has 2 rings (SSSR count). The monoisotopic (exact) mass is 302 g/mol. The van der Waals surface area contributed by atoms with E-state index in [1.165, 1.54) is 17.0 Å². The Morgan fingerprint density at radius 2 is 2.14 bits per heavy atom. The molecular formula is C14H17F3N2O2. The molecule has 1 aliphatic rings. The Morgan fingerprint density at radius 3 is 2.76 bits per heavy atom. The predicted octanol–water partition coefficient (Wildman–Crippen LogP) is 1.89.